The molecule has 2 aromatic rings. The molecule has 0 aliphatic carbocycles. The van der Waals surface area contributed by atoms with Crippen LogP contribution in [0.1, 0.15) is 55.8 Å². The molecule has 1 heterocycles. The molecule has 1 saturated heterocycles. The van der Waals surface area contributed by atoms with Crippen LogP contribution in [-0.4, -0.2) is 68.2 Å². The molecule has 9 nitrogen and oxygen atoms in total. The molecule has 206 valence electrons. The minimum absolute atomic E-state index is 0.0606. The van der Waals surface area contributed by atoms with Gasteiger partial charge in [0.05, 0.1) is 18.6 Å². The van der Waals surface area contributed by atoms with Gasteiger partial charge < -0.3 is 15.0 Å². The second kappa shape index (κ2) is 13.7. The molecule has 0 radical (unpaired) electrons. The summed E-state index contributed by atoms with van der Waals surface area (Å²) in [6, 6.07) is 10.8. The van der Waals surface area contributed by atoms with Crippen molar-refractivity contribution < 1.29 is 27.5 Å². The average molecular weight is 564 g/mol. The summed E-state index contributed by atoms with van der Waals surface area (Å²) in [4.78, 5) is 39.3. The Bertz CT molecular complexity index is 1220. The summed E-state index contributed by atoms with van der Waals surface area (Å²) in [5, 5.41) is 3.20. The highest BCUT2D eigenvalue weighted by Crippen LogP contribution is 2.25. The van der Waals surface area contributed by atoms with Gasteiger partial charge in [0.1, 0.15) is 6.04 Å². The van der Waals surface area contributed by atoms with Gasteiger partial charge in [0.25, 0.3) is 5.91 Å². The number of hydrogen-bond acceptors (Lipinski definition) is 6. The second-order valence-electron chi connectivity index (χ2n) is 9.18. The number of rotatable bonds is 12. The van der Waals surface area contributed by atoms with E-state index in [0.29, 0.717) is 22.8 Å². The number of unbranched alkanes of at least 4 members (excludes halogenated alkanes) is 5. The van der Waals surface area contributed by atoms with Crippen LogP contribution >= 0.6 is 11.6 Å². The third-order valence-electron chi connectivity index (χ3n) is 6.46. The zero-order valence-corrected chi connectivity index (χ0v) is 23.3. The number of hydrogen-bond donors (Lipinski definition) is 1. The first-order valence-corrected chi connectivity index (χ1v) is 14.5. The molecule has 1 atom stereocenters. The largest absolute Gasteiger partial charge is 0.468 e. The number of carbonyl (C=O) groups is 3. The predicted molar refractivity (Wildman–Crippen MR) is 145 cm³/mol. The third-order valence-corrected chi connectivity index (χ3v) is 8.59. The highest BCUT2D eigenvalue weighted by Gasteiger charge is 2.43. The Kier molecular flexibility index (Phi) is 10.7. The highest BCUT2D eigenvalue weighted by molar-refractivity contribution is 7.89. The highest BCUT2D eigenvalue weighted by atomic mass is 35.5. The molecule has 1 fully saturated rings. The van der Waals surface area contributed by atoms with Crippen molar-refractivity contribution in [1.82, 2.24) is 9.21 Å². The van der Waals surface area contributed by atoms with E-state index in [2.05, 4.69) is 12.2 Å². The quantitative estimate of drug-likeness (QED) is 0.304. The Labute approximate surface area is 229 Å². The van der Waals surface area contributed by atoms with Crippen LogP contribution in [0.2, 0.25) is 5.02 Å². The van der Waals surface area contributed by atoms with Gasteiger partial charge in [0.15, 0.2) is 0 Å². The van der Waals surface area contributed by atoms with Crippen LogP contribution in [0, 0.1) is 0 Å². The Hall–Kier alpha value is -2.95. The molecule has 2 amide bonds. The summed E-state index contributed by atoms with van der Waals surface area (Å²) in [5.74, 6) is -1.45. The second-order valence-corrected chi connectivity index (χ2v) is 11.5. The molecule has 0 saturated carbocycles. The van der Waals surface area contributed by atoms with Crippen molar-refractivity contribution in [3.63, 3.8) is 0 Å². The van der Waals surface area contributed by atoms with Crippen molar-refractivity contribution in [2.24, 2.45) is 0 Å². The minimum atomic E-state index is -4.20. The fourth-order valence-corrected chi connectivity index (χ4v) is 5.92. The molecular formula is C27H34ClN3O6S. The number of carbonyl (C=O) groups excluding carboxylic acids is 3. The minimum Gasteiger partial charge on any atom is -0.468 e. The van der Waals surface area contributed by atoms with E-state index in [-0.39, 0.29) is 23.3 Å². The van der Waals surface area contributed by atoms with Gasteiger partial charge in [-0.15, -0.1) is 0 Å². The number of methoxy groups -OCH3 is 1. The van der Waals surface area contributed by atoms with Gasteiger partial charge in [-0.3, -0.25) is 14.4 Å². The van der Waals surface area contributed by atoms with E-state index in [4.69, 9.17) is 16.3 Å². The van der Waals surface area contributed by atoms with Gasteiger partial charge in [-0.2, -0.15) is 4.31 Å². The number of esters is 1. The van der Waals surface area contributed by atoms with Gasteiger partial charge in [0, 0.05) is 29.4 Å². The van der Waals surface area contributed by atoms with Crippen molar-refractivity contribution >= 4 is 45.1 Å². The maximum atomic E-state index is 13.5. The van der Waals surface area contributed by atoms with Crippen molar-refractivity contribution in [2.45, 2.75) is 56.4 Å². The number of nitrogens with one attached hydrogen (secondary N) is 1. The van der Waals surface area contributed by atoms with E-state index in [1.54, 1.807) is 29.2 Å². The lowest BCUT2D eigenvalue weighted by Gasteiger charge is -2.38. The number of benzene rings is 2. The first kappa shape index (κ1) is 29.6. The first-order valence-electron chi connectivity index (χ1n) is 12.7. The number of anilines is 1. The molecule has 0 bridgehead atoms. The van der Waals surface area contributed by atoms with Crippen LogP contribution in [0.5, 0.6) is 0 Å². The van der Waals surface area contributed by atoms with Gasteiger partial charge in [-0.25, -0.2) is 8.42 Å². The summed E-state index contributed by atoms with van der Waals surface area (Å²) >= 11 is 5.86. The van der Waals surface area contributed by atoms with Crippen molar-refractivity contribution in [3.8, 4) is 0 Å². The van der Waals surface area contributed by atoms with Crippen molar-refractivity contribution in [2.75, 3.05) is 32.1 Å². The molecule has 2 aromatic carbocycles. The van der Waals surface area contributed by atoms with Crippen LogP contribution in [0.15, 0.2) is 53.4 Å². The standard InChI is InChI=1S/C27H34ClN3O6S/c1-3-4-5-6-7-8-17-30-18-24(27(34)37-2)31(19-25(30)32)38(35,36)23-15-13-22(14-16-23)29-26(33)20-9-11-21(28)12-10-20/h9-16,24H,3-8,17-19H2,1-2H3,(H,29,33). The molecule has 1 N–H and O–H groups in total. The van der Waals surface area contributed by atoms with Crippen LogP contribution in [-0.2, 0) is 24.3 Å². The zero-order chi connectivity index (χ0) is 27.7. The fraction of sp³-hybridized carbons (Fsp3) is 0.444. The summed E-state index contributed by atoms with van der Waals surface area (Å²) in [6.07, 6.45) is 6.30. The van der Waals surface area contributed by atoms with E-state index in [0.717, 1.165) is 36.4 Å². The SMILES string of the molecule is CCCCCCCCN1CC(C(=O)OC)N(S(=O)(=O)c2ccc(NC(=O)c3ccc(Cl)cc3)cc2)CC1=O. The number of sulfonamides is 1. The van der Waals surface area contributed by atoms with E-state index < -0.39 is 28.6 Å². The van der Waals surface area contributed by atoms with Crippen LogP contribution in [0.3, 0.4) is 0 Å². The summed E-state index contributed by atoms with van der Waals surface area (Å²) in [7, 11) is -3.01. The fourth-order valence-electron chi connectivity index (χ4n) is 4.27. The van der Waals surface area contributed by atoms with Crippen molar-refractivity contribution in [3.05, 3.63) is 59.1 Å². The molecule has 0 aromatic heterocycles. The monoisotopic (exact) mass is 563 g/mol. The number of nitrogens with zero attached hydrogens (tertiary/aromatic N) is 2. The van der Waals surface area contributed by atoms with Gasteiger partial charge in [0.2, 0.25) is 15.9 Å². The lowest BCUT2D eigenvalue weighted by Crippen LogP contribution is -2.60. The van der Waals surface area contributed by atoms with E-state index in [1.807, 2.05) is 0 Å². The zero-order valence-electron chi connectivity index (χ0n) is 21.7. The lowest BCUT2D eigenvalue weighted by molar-refractivity contribution is -0.151. The Morgan fingerprint density at radius 1 is 1.00 bits per heavy atom. The van der Waals surface area contributed by atoms with E-state index in [1.165, 1.54) is 37.8 Å². The van der Waals surface area contributed by atoms with Crippen LogP contribution in [0.25, 0.3) is 0 Å². The number of ether oxygens (including phenoxy) is 1. The van der Waals surface area contributed by atoms with Crippen molar-refractivity contribution in [1.29, 1.82) is 0 Å². The molecule has 38 heavy (non-hydrogen) atoms. The number of amides is 2. The topological polar surface area (TPSA) is 113 Å². The normalized spacial score (nSPS) is 16.3. The van der Waals surface area contributed by atoms with Crippen LogP contribution in [0.4, 0.5) is 5.69 Å². The third kappa shape index (κ3) is 7.55. The Balaban J connectivity index is 1.69. The Morgan fingerprint density at radius 3 is 2.26 bits per heavy atom. The maximum absolute atomic E-state index is 13.5. The molecule has 0 spiro atoms. The summed E-state index contributed by atoms with van der Waals surface area (Å²) in [5.41, 5.74) is 0.776. The van der Waals surface area contributed by atoms with Gasteiger partial charge in [-0.05, 0) is 55.0 Å². The first-order chi connectivity index (χ1) is 18.2. The molecule has 1 aliphatic heterocycles. The number of halogens is 1. The summed E-state index contributed by atoms with van der Waals surface area (Å²) < 4.78 is 32.7. The summed E-state index contributed by atoms with van der Waals surface area (Å²) in [6.45, 7) is 2.10. The van der Waals surface area contributed by atoms with E-state index >= 15 is 0 Å². The Morgan fingerprint density at radius 2 is 1.63 bits per heavy atom. The maximum Gasteiger partial charge on any atom is 0.326 e. The average Bonchev–Trinajstić information content (AvgIpc) is 2.91. The molecule has 11 heteroatoms. The van der Waals surface area contributed by atoms with Gasteiger partial charge >= 0.3 is 5.97 Å². The molecular weight excluding hydrogens is 530 g/mol. The van der Waals surface area contributed by atoms with E-state index in [9.17, 15) is 22.8 Å². The molecule has 3 rings (SSSR count). The molecule has 1 unspecified atom stereocenters. The van der Waals surface area contributed by atoms with Gasteiger partial charge in [-0.1, -0.05) is 50.6 Å². The lowest BCUT2D eigenvalue weighted by atomic mass is 10.1. The smallest absolute Gasteiger partial charge is 0.326 e. The number of piperazine rings is 1. The predicted octanol–water partition coefficient (Wildman–Crippen LogP) is 4.33. The molecule has 1 aliphatic rings. The van der Waals surface area contributed by atoms with Crippen LogP contribution < -0.4 is 5.32 Å².